The van der Waals surface area contributed by atoms with Gasteiger partial charge in [-0.1, -0.05) is 31.4 Å². The summed E-state index contributed by atoms with van der Waals surface area (Å²) in [6.07, 6.45) is 7.20. The number of ether oxygens (including phenoxy) is 1. The van der Waals surface area contributed by atoms with E-state index in [1.807, 2.05) is 0 Å². The van der Waals surface area contributed by atoms with Gasteiger partial charge in [-0.15, -0.1) is 0 Å². The minimum atomic E-state index is 0.539. The highest BCUT2D eigenvalue weighted by Gasteiger charge is 2.30. The second-order valence-corrected chi connectivity index (χ2v) is 6.68. The smallest absolute Gasteiger partial charge is 0.123 e. The molecule has 0 amide bonds. The van der Waals surface area contributed by atoms with Crippen LogP contribution in [0.15, 0.2) is 18.2 Å². The minimum Gasteiger partial charge on any atom is -0.496 e. The van der Waals surface area contributed by atoms with Crippen molar-refractivity contribution in [3.05, 3.63) is 29.3 Å². The molecular weight excluding hydrogens is 260 g/mol. The van der Waals surface area contributed by atoms with Crippen LogP contribution in [0.2, 0.25) is 0 Å². The Morgan fingerprint density at radius 2 is 2.00 bits per heavy atom. The number of fused-ring (bicyclic) bond motifs is 1. The van der Waals surface area contributed by atoms with Gasteiger partial charge in [0.15, 0.2) is 0 Å². The summed E-state index contributed by atoms with van der Waals surface area (Å²) in [6.45, 7) is 4.12. The lowest BCUT2D eigenvalue weighted by Crippen LogP contribution is -2.41. The van der Waals surface area contributed by atoms with E-state index in [4.69, 9.17) is 10.5 Å². The number of methoxy groups -OCH3 is 1. The fraction of sp³-hybridized carbons (Fsp3) is 0.667. The number of likely N-dealkylation sites (tertiary alicyclic amines) is 1. The highest BCUT2D eigenvalue weighted by Crippen LogP contribution is 2.36. The van der Waals surface area contributed by atoms with Crippen molar-refractivity contribution in [2.45, 2.75) is 45.2 Å². The molecule has 3 rings (SSSR count). The van der Waals surface area contributed by atoms with Gasteiger partial charge in [-0.25, -0.2) is 0 Å². The van der Waals surface area contributed by atoms with E-state index < -0.39 is 0 Å². The molecule has 116 valence electrons. The van der Waals surface area contributed by atoms with Crippen molar-refractivity contribution in [3.8, 4) is 5.75 Å². The summed E-state index contributed by atoms with van der Waals surface area (Å²) in [6, 6.07) is 6.48. The zero-order valence-corrected chi connectivity index (χ0v) is 13.2. The van der Waals surface area contributed by atoms with Crippen molar-refractivity contribution in [1.82, 2.24) is 4.90 Å². The molecule has 3 nitrogen and oxygen atoms in total. The summed E-state index contributed by atoms with van der Waals surface area (Å²) in [5.74, 6) is 2.88. The Bertz CT molecular complexity index is 474. The standard InChI is InChI=1S/C18H28N2O/c1-21-18-10-14(6-7-16(18)11-19)12-20-9-8-15-4-2-3-5-17(15)13-20/h6-7,10,15,17H,2-5,8-9,11-13,19H2,1H3. The summed E-state index contributed by atoms with van der Waals surface area (Å²) < 4.78 is 5.45. The minimum absolute atomic E-state index is 0.539. The van der Waals surface area contributed by atoms with E-state index in [0.29, 0.717) is 6.54 Å². The van der Waals surface area contributed by atoms with Crippen molar-refractivity contribution < 1.29 is 4.74 Å². The largest absolute Gasteiger partial charge is 0.496 e. The zero-order valence-electron chi connectivity index (χ0n) is 13.2. The van der Waals surface area contributed by atoms with Gasteiger partial charge in [-0.2, -0.15) is 0 Å². The molecule has 0 spiro atoms. The highest BCUT2D eigenvalue weighted by molar-refractivity contribution is 5.37. The second kappa shape index (κ2) is 6.80. The molecule has 3 heteroatoms. The fourth-order valence-corrected chi connectivity index (χ4v) is 4.13. The van der Waals surface area contributed by atoms with Gasteiger partial charge in [0.05, 0.1) is 7.11 Å². The number of nitrogens with two attached hydrogens (primary N) is 1. The highest BCUT2D eigenvalue weighted by atomic mass is 16.5. The summed E-state index contributed by atoms with van der Waals surface area (Å²) >= 11 is 0. The number of benzene rings is 1. The van der Waals surface area contributed by atoms with Crippen LogP contribution in [0.5, 0.6) is 5.75 Å². The molecule has 21 heavy (non-hydrogen) atoms. The Morgan fingerprint density at radius 1 is 1.19 bits per heavy atom. The molecule has 1 saturated heterocycles. The van der Waals surface area contributed by atoms with Gasteiger partial charge < -0.3 is 10.5 Å². The molecule has 0 aromatic heterocycles. The molecule has 1 heterocycles. The number of rotatable bonds is 4. The summed E-state index contributed by atoms with van der Waals surface area (Å²) in [5, 5.41) is 0. The van der Waals surface area contributed by atoms with E-state index in [0.717, 1.165) is 29.7 Å². The Morgan fingerprint density at radius 3 is 2.76 bits per heavy atom. The van der Waals surface area contributed by atoms with Gasteiger partial charge in [0.25, 0.3) is 0 Å². The average Bonchev–Trinajstić information content (AvgIpc) is 2.54. The van der Waals surface area contributed by atoms with E-state index in [2.05, 4.69) is 23.1 Å². The maximum atomic E-state index is 5.74. The lowest BCUT2D eigenvalue weighted by Gasteiger charge is -2.41. The van der Waals surface area contributed by atoms with Gasteiger partial charge in [0, 0.05) is 25.2 Å². The molecule has 2 atom stereocenters. The molecule has 1 saturated carbocycles. The van der Waals surface area contributed by atoms with E-state index in [-0.39, 0.29) is 0 Å². The molecule has 1 aliphatic heterocycles. The lowest BCUT2D eigenvalue weighted by molar-refractivity contribution is 0.0820. The maximum Gasteiger partial charge on any atom is 0.123 e. The van der Waals surface area contributed by atoms with Crippen molar-refractivity contribution in [2.24, 2.45) is 17.6 Å². The van der Waals surface area contributed by atoms with E-state index >= 15 is 0 Å². The normalized spacial score (nSPS) is 26.4. The first-order chi connectivity index (χ1) is 10.3. The van der Waals surface area contributed by atoms with Crippen molar-refractivity contribution in [3.63, 3.8) is 0 Å². The predicted molar refractivity (Wildman–Crippen MR) is 86.2 cm³/mol. The van der Waals surface area contributed by atoms with Gasteiger partial charge in [0.1, 0.15) is 5.75 Å². The maximum absolute atomic E-state index is 5.74. The number of piperidine rings is 1. The first-order valence-electron chi connectivity index (χ1n) is 8.38. The van der Waals surface area contributed by atoms with Crippen LogP contribution in [0, 0.1) is 11.8 Å². The zero-order chi connectivity index (χ0) is 14.7. The Labute approximate surface area is 128 Å². The van der Waals surface area contributed by atoms with Crippen molar-refractivity contribution in [1.29, 1.82) is 0 Å². The lowest BCUT2D eigenvalue weighted by atomic mass is 9.75. The third-order valence-electron chi connectivity index (χ3n) is 5.35. The van der Waals surface area contributed by atoms with Crippen LogP contribution in [0.25, 0.3) is 0 Å². The van der Waals surface area contributed by atoms with Crippen molar-refractivity contribution in [2.75, 3.05) is 20.2 Å². The van der Waals surface area contributed by atoms with Crippen LogP contribution < -0.4 is 10.5 Å². The Balaban J connectivity index is 1.64. The molecule has 1 aliphatic carbocycles. The molecule has 2 N–H and O–H groups in total. The summed E-state index contributed by atoms with van der Waals surface area (Å²) in [7, 11) is 1.73. The van der Waals surface area contributed by atoms with E-state index in [1.54, 1.807) is 7.11 Å². The number of hydrogen-bond acceptors (Lipinski definition) is 3. The summed E-state index contributed by atoms with van der Waals surface area (Å²) in [5.41, 5.74) is 8.18. The third kappa shape index (κ3) is 3.41. The van der Waals surface area contributed by atoms with Crippen LogP contribution in [-0.2, 0) is 13.1 Å². The fourth-order valence-electron chi connectivity index (χ4n) is 4.13. The van der Waals surface area contributed by atoms with E-state index in [1.165, 1.54) is 50.8 Å². The summed E-state index contributed by atoms with van der Waals surface area (Å²) in [4.78, 5) is 2.63. The quantitative estimate of drug-likeness (QED) is 0.925. The molecule has 2 fully saturated rings. The van der Waals surface area contributed by atoms with Gasteiger partial charge in [0.2, 0.25) is 0 Å². The van der Waals surface area contributed by atoms with Gasteiger partial charge in [-0.3, -0.25) is 4.90 Å². The second-order valence-electron chi connectivity index (χ2n) is 6.68. The molecule has 2 aliphatic rings. The van der Waals surface area contributed by atoms with Crippen LogP contribution in [0.4, 0.5) is 0 Å². The molecule has 1 aromatic carbocycles. The van der Waals surface area contributed by atoms with E-state index in [9.17, 15) is 0 Å². The van der Waals surface area contributed by atoms with Crippen LogP contribution in [-0.4, -0.2) is 25.1 Å². The molecule has 0 radical (unpaired) electrons. The van der Waals surface area contributed by atoms with Crippen LogP contribution >= 0.6 is 0 Å². The SMILES string of the molecule is COc1cc(CN2CCC3CCCCC3C2)ccc1CN. The molecule has 2 unspecified atom stereocenters. The number of hydrogen-bond donors (Lipinski definition) is 1. The first-order valence-corrected chi connectivity index (χ1v) is 8.38. The number of nitrogens with zero attached hydrogens (tertiary/aromatic N) is 1. The monoisotopic (exact) mass is 288 g/mol. The van der Waals surface area contributed by atoms with Crippen LogP contribution in [0.1, 0.15) is 43.2 Å². The average molecular weight is 288 g/mol. The van der Waals surface area contributed by atoms with Gasteiger partial charge in [-0.05, 0) is 42.9 Å². The third-order valence-corrected chi connectivity index (χ3v) is 5.35. The predicted octanol–water partition coefficient (Wildman–Crippen LogP) is 3.17. The van der Waals surface area contributed by atoms with Crippen LogP contribution in [0.3, 0.4) is 0 Å². The molecule has 1 aromatic rings. The topological polar surface area (TPSA) is 38.5 Å². The Hall–Kier alpha value is -1.06. The first kappa shape index (κ1) is 14.9. The van der Waals surface area contributed by atoms with Gasteiger partial charge >= 0.3 is 0 Å². The Kier molecular flexibility index (Phi) is 4.81. The molecular formula is C18H28N2O. The van der Waals surface area contributed by atoms with Crippen molar-refractivity contribution >= 4 is 0 Å². The molecule has 0 bridgehead atoms.